The van der Waals surface area contributed by atoms with Crippen molar-refractivity contribution in [2.24, 2.45) is 0 Å². The Kier molecular flexibility index (Phi) is 9.72. The zero-order chi connectivity index (χ0) is 25.0. The number of aliphatic hydroxyl groups is 1. The number of hydroxylamine groups is 1. The number of fused-ring (bicyclic) bond motifs is 1. The Labute approximate surface area is 202 Å². The Hall–Kier alpha value is -3.80. The Bertz CT molecular complexity index is 1010. The minimum Gasteiger partial charge on any atom is -0.491 e. The van der Waals surface area contributed by atoms with Crippen LogP contribution in [-0.4, -0.2) is 55.5 Å². The number of allylic oxidation sites excluding steroid dienone is 1. The summed E-state index contributed by atoms with van der Waals surface area (Å²) in [5.74, 6) is 1.02. The van der Waals surface area contributed by atoms with Crippen molar-refractivity contribution in [1.29, 1.82) is 0 Å². The number of amides is 2. The van der Waals surface area contributed by atoms with E-state index in [9.17, 15) is 9.59 Å². The third kappa shape index (κ3) is 7.60. The second-order valence-electron chi connectivity index (χ2n) is 7.39. The largest absolute Gasteiger partial charge is 0.491 e. The number of carbonyl (C=O) groups is 2. The summed E-state index contributed by atoms with van der Waals surface area (Å²) in [6.07, 6.45) is 1.57. The van der Waals surface area contributed by atoms with Crippen molar-refractivity contribution in [2.45, 2.75) is 25.0 Å². The summed E-state index contributed by atoms with van der Waals surface area (Å²) < 4.78 is 27.4. The van der Waals surface area contributed by atoms with Crippen LogP contribution >= 0.6 is 0 Å². The van der Waals surface area contributed by atoms with E-state index in [0.29, 0.717) is 41.3 Å². The van der Waals surface area contributed by atoms with E-state index in [4.69, 9.17) is 34.0 Å². The van der Waals surface area contributed by atoms with E-state index in [1.54, 1.807) is 48.5 Å². The Morgan fingerprint density at radius 1 is 1.14 bits per heavy atom. The molecular formula is C24H28N2O9. The minimum atomic E-state index is -0.791. The fourth-order valence-corrected chi connectivity index (χ4v) is 3.39. The molecule has 2 amide bonds. The molecule has 2 atom stereocenters. The Morgan fingerprint density at radius 3 is 2.63 bits per heavy atom. The van der Waals surface area contributed by atoms with Crippen LogP contribution in [0.4, 0.5) is 10.5 Å². The Morgan fingerprint density at radius 2 is 1.91 bits per heavy atom. The molecule has 0 bridgehead atoms. The average molecular weight is 488 g/mol. The first-order valence-electron chi connectivity index (χ1n) is 10.9. The van der Waals surface area contributed by atoms with Gasteiger partial charge < -0.3 is 28.8 Å². The lowest BCUT2D eigenvalue weighted by atomic mass is 10.00. The predicted molar refractivity (Wildman–Crippen MR) is 124 cm³/mol. The van der Waals surface area contributed by atoms with Gasteiger partial charge in [-0.25, -0.2) is 10.3 Å². The number of anilines is 1. The lowest BCUT2D eigenvalue weighted by Gasteiger charge is -2.26. The molecule has 0 aliphatic carbocycles. The highest BCUT2D eigenvalue weighted by Gasteiger charge is 2.27. The number of aliphatic hydroxyl groups excluding tert-OH is 1. The van der Waals surface area contributed by atoms with Crippen LogP contribution in [0, 0.1) is 0 Å². The summed E-state index contributed by atoms with van der Waals surface area (Å²) in [6, 6.07) is 11.9. The van der Waals surface area contributed by atoms with Crippen LogP contribution in [0.25, 0.3) is 0 Å². The van der Waals surface area contributed by atoms with E-state index >= 15 is 0 Å². The summed E-state index contributed by atoms with van der Waals surface area (Å²) in [7, 11) is 1.50. The topological polar surface area (TPSA) is 145 Å². The molecule has 0 fully saturated rings. The van der Waals surface area contributed by atoms with Gasteiger partial charge in [0.1, 0.15) is 12.4 Å². The smallest absolute Gasteiger partial charge is 0.412 e. The summed E-state index contributed by atoms with van der Waals surface area (Å²) in [5.41, 5.74) is 2.65. The first-order valence-corrected chi connectivity index (χ1v) is 10.9. The fraction of sp³-hybridized carbons (Fsp3) is 0.333. The molecular weight excluding hydrogens is 460 g/mol. The second kappa shape index (κ2) is 13.2. The van der Waals surface area contributed by atoms with Crippen LogP contribution in [0.2, 0.25) is 0 Å². The zero-order valence-electron chi connectivity index (χ0n) is 19.1. The number of rotatable bonds is 12. The Balaban J connectivity index is 1.73. The van der Waals surface area contributed by atoms with Gasteiger partial charge in [-0.05, 0) is 42.7 Å². The van der Waals surface area contributed by atoms with Gasteiger partial charge in [0.05, 0.1) is 12.7 Å². The van der Waals surface area contributed by atoms with Gasteiger partial charge in [0.15, 0.2) is 17.6 Å². The van der Waals surface area contributed by atoms with Gasteiger partial charge in [-0.2, -0.15) is 0 Å². The molecule has 0 spiro atoms. The molecule has 0 aromatic heterocycles. The molecule has 0 radical (unpaired) electrons. The van der Waals surface area contributed by atoms with Gasteiger partial charge in [0, 0.05) is 24.9 Å². The summed E-state index contributed by atoms with van der Waals surface area (Å²) >= 11 is 0. The van der Waals surface area contributed by atoms with Crippen molar-refractivity contribution in [3.63, 3.8) is 0 Å². The van der Waals surface area contributed by atoms with E-state index in [0.717, 1.165) is 0 Å². The molecule has 2 aromatic rings. The summed E-state index contributed by atoms with van der Waals surface area (Å²) in [4.78, 5) is 24.0. The molecule has 1 aliphatic heterocycles. The van der Waals surface area contributed by atoms with Crippen LogP contribution in [0.3, 0.4) is 0 Å². The van der Waals surface area contributed by atoms with Crippen molar-refractivity contribution >= 4 is 17.7 Å². The monoisotopic (exact) mass is 488 g/mol. The van der Waals surface area contributed by atoms with Crippen LogP contribution in [0.5, 0.6) is 17.2 Å². The van der Waals surface area contributed by atoms with Crippen LogP contribution < -0.4 is 25.0 Å². The molecule has 0 unspecified atom stereocenters. The zero-order valence-corrected chi connectivity index (χ0v) is 19.1. The maximum atomic E-state index is 12.8. The maximum Gasteiger partial charge on any atom is 0.412 e. The number of hydrogen-bond acceptors (Lipinski definition) is 9. The number of carbonyl (C=O) groups excluding carboxylic acids is 2. The van der Waals surface area contributed by atoms with Crippen molar-refractivity contribution < 1.29 is 43.6 Å². The van der Waals surface area contributed by atoms with E-state index in [1.165, 1.54) is 18.7 Å². The van der Waals surface area contributed by atoms with E-state index in [1.807, 2.05) is 0 Å². The molecule has 4 N–H and O–H groups in total. The first kappa shape index (κ1) is 25.8. The van der Waals surface area contributed by atoms with E-state index < -0.39 is 24.2 Å². The lowest BCUT2D eigenvalue weighted by Crippen LogP contribution is -2.28. The quantitative estimate of drug-likeness (QED) is 0.201. The first-order chi connectivity index (χ1) is 17.0. The van der Waals surface area contributed by atoms with Gasteiger partial charge in [0.2, 0.25) is 6.79 Å². The van der Waals surface area contributed by atoms with Gasteiger partial charge in [-0.15, -0.1) is 0 Å². The number of benzene rings is 2. The van der Waals surface area contributed by atoms with Crippen molar-refractivity contribution in [3.8, 4) is 17.2 Å². The fourth-order valence-electron chi connectivity index (χ4n) is 3.39. The van der Waals surface area contributed by atoms with Crippen molar-refractivity contribution in [3.05, 3.63) is 60.2 Å². The highest BCUT2D eigenvalue weighted by Crippen LogP contribution is 2.34. The third-order valence-electron chi connectivity index (χ3n) is 5.06. The maximum absolute atomic E-state index is 12.8. The van der Waals surface area contributed by atoms with Gasteiger partial charge in [0.25, 0.3) is 5.91 Å². The van der Waals surface area contributed by atoms with Crippen LogP contribution in [0.1, 0.15) is 24.5 Å². The van der Waals surface area contributed by atoms with Crippen molar-refractivity contribution in [2.75, 3.05) is 32.4 Å². The van der Waals surface area contributed by atoms with Gasteiger partial charge in [-0.1, -0.05) is 18.2 Å². The standard InChI is InChI=1S/C24H28N2O9/c1-31-20(4-2-3-5-22(28)26-30)23(16-6-9-18(10-7-16)32-13-12-27)35-24(29)25-17-8-11-19-21(14-17)34-15-33-19/h3,5-11,14,20,23,27,30H,2,4,12-13,15H2,1H3,(H,25,29)(H,26,28)/b5-3+/t20-,23-/m1/s1. The SMILES string of the molecule is CO[C@H](CC/C=C/C(=O)NO)[C@H](OC(=O)Nc1ccc2c(c1)OCO2)c1ccc(OCCO)cc1. The third-order valence-corrected chi connectivity index (χ3v) is 5.06. The molecule has 1 heterocycles. The summed E-state index contributed by atoms with van der Waals surface area (Å²) in [6.45, 7) is 0.167. The minimum absolute atomic E-state index is 0.110. The van der Waals surface area contributed by atoms with Crippen molar-refractivity contribution in [1.82, 2.24) is 5.48 Å². The molecule has 0 saturated carbocycles. The highest BCUT2D eigenvalue weighted by molar-refractivity contribution is 5.86. The molecule has 2 aromatic carbocycles. The molecule has 0 saturated heterocycles. The molecule has 188 valence electrons. The lowest BCUT2D eigenvalue weighted by molar-refractivity contribution is -0.124. The van der Waals surface area contributed by atoms with Gasteiger partial charge >= 0.3 is 6.09 Å². The van der Waals surface area contributed by atoms with Crippen LogP contribution in [0.15, 0.2) is 54.6 Å². The van der Waals surface area contributed by atoms with E-state index in [2.05, 4.69) is 5.32 Å². The number of nitrogens with one attached hydrogen (secondary N) is 2. The molecule has 11 heteroatoms. The predicted octanol–water partition coefficient (Wildman–Crippen LogP) is 2.93. The van der Waals surface area contributed by atoms with E-state index in [-0.39, 0.29) is 20.0 Å². The average Bonchev–Trinajstić information content (AvgIpc) is 3.34. The number of hydrogen-bond donors (Lipinski definition) is 4. The molecule has 35 heavy (non-hydrogen) atoms. The second-order valence-corrected chi connectivity index (χ2v) is 7.39. The number of ether oxygens (including phenoxy) is 5. The summed E-state index contributed by atoms with van der Waals surface area (Å²) in [5, 5.41) is 20.2. The van der Waals surface area contributed by atoms with Crippen LogP contribution in [-0.2, 0) is 14.3 Å². The molecule has 11 nitrogen and oxygen atoms in total. The number of methoxy groups -OCH3 is 1. The van der Waals surface area contributed by atoms with Gasteiger partial charge in [-0.3, -0.25) is 15.3 Å². The molecule has 1 aliphatic rings. The normalized spacial score (nSPS) is 13.8. The molecule has 3 rings (SSSR count). The highest BCUT2D eigenvalue weighted by atomic mass is 16.7.